The van der Waals surface area contributed by atoms with Crippen molar-refractivity contribution in [2.75, 3.05) is 11.4 Å². The van der Waals surface area contributed by atoms with Gasteiger partial charge in [0.05, 0.1) is 12.0 Å². The number of amides is 3. The molecule has 0 spiro atoms. The summed E-state index contributed by atoms with van der Waals surface area (Å²) in [5.41, 5.74) is 2.25. The van der Waals surface area contributed by atoms with Gasteiger partial charge in [-0.25, -0.2) is 9.69 Å². The van der Waals surface area contributed by atoms with Gasteiger partial charge in [0.25, 0.3) is 5.91 Å². The predicted octanol–water partition coefficient (Wildman–Crippen LogP) is 5.40. The van der Waals surface area contributed by atoms with E-state index in [1.54, 1.807) is 12.1 Å². The zero-order chi connectivity index (χ0) is 22.0. The number of carbonyl (C=O) groups excluding carboxylic acids is 3. The fraction of sp³-hybridized carbons (Fsp3) is 0.480. The number of anilines is 1. The zero-order valence-electron chi connectivity index (χ0n) is 18.2. The van der Waals surface area contributed by atoms with E-state index < -0.39 is 23.6 Å². The Morgan fingerprint density at radius 2 is 1.87 bits per heavy atom. The second kappa shape index (κ2) is 9.08. The number of ketones is 1. The Morgan fingerprint density at radius 3 is 2.52 bits per heavy atom. The van der Waals surface area contributed by atoms with Crippen molar-refractivity contribution < 1.29 is 18.8 Å². The van der Waals surface area contributed by atoms with Crippen molar-refractivity contribution in [2.45, 2.75) is 64.2 Å². The highest BCUT2D eigenvalue weighted by molar-refractivity contribution is 6.29. The Kier molecular flexibility index (Phi) is 6.25. The van der Waals surface area contributed by atoms with Crippen LogP contribution in [0.25, 0.3) is 0 Å². The number of rotatable bonds is 5. The van der Waals surface area contributed by atoms with Gasteiger partial charge in [-0.05, 0) is 54.0 Å². The van der Waals surface area contributed by atoms with Crippen LogP contribution >= 0.6 is 0 Å². The van der Waals surface area contributed by atoms with Crippen LogP contribution in [0.3, 0.4) is 0 Å². The van der Waals surface area contributed by atoms with Crippen LogP contribution in [0.4, 0.5) is 10.5 Å². The summed E-state index contributed by atoms with van der Waals surface area (Å²) in [6, 6.07) is 8.53. The summed E-state index contributed by atoms with van der Waals surface area (Å²) in [4.78, 5) is 40.5. The minimum Gasteiger partial charge on any atom is -0.461 e. The molecule has 2 heterocycles. The summed E-state index contributed by atoms with van der Waals surface area (Å²) in [6.07, 6.45) is 8.54. The first-order valence-corrected chi connectivity index (χ1v) is 11.3. The number of nitrogens with one attached hydrogen (secondary N) is 1. The lowest BCUT2D eigenvalue weighted by molar-refractivity contribution is -0.117. The van der Waals surface area contributed by atoms with Gasteiger partial charge in [-0.2, -0.15) is 0 Å². The highest BCUT2D eigenvalue weighted by atomic mass is 16.3. The first kappa shape index (κ1) is 21.3. The molecule has 2 aliphatic rings. The van der Waals surface area contributed by atoms with Gasteiger partial charge in [0.15, 0.2) is 5.76 Å². The van der Waals surface area contributed by atoms with Gasteiger partial charge in [0.1, 0.15) is 5.92 Å². The number of nitrogens with zero attached hydrogens (tertiary/aromatic N) is 1. The number of urea groups is 1. The SMILES string of the molecule is CC(C)CNC(=O)N1C(=O)C(C(=O)c2ccco2)c2cc(C3CCCCCC3)ccc21. The molecular formula is C25H30N2O4. The molecule has 1 unspecified atom stereocenters. The normalized spacial score (nSPS) is 19.4. The fourth-order valence-corrected chi connectivity index (χ4v) is 4.65. The fourth-order valence-electron chi connectivity index (χ4n) is 4.65. The second-order valence-electron chi connectivity index (χ2n) is 9.03. The maximum absolute atomic E-state index is 13.3. The first-order chi connectivity index (χ1) is 15.0. The van der Waals surface area contributed by atoms with Crippen LogP contribution in [-0.4, -0.2) is 24.3 Å². The quantitative estimate of drug-likeness (QED) is 0.398. The van der Waals surface area contributed by atoms with Crippen molar-refractivity contribution in [2.24, 2.45) is 5.92 Å². The molecule has 0 bridgehead atoms. The third-order valence-electron chi connectivity index (χ3n) is 6.29. The van der Waals surface area contributed by atoms with Gasteiger partial charge in [-0.3, -0.25) is 9.59 Å². The summed E-state index contributed by atoms with van der Waals surface area (Å²) in [5, 5.41) is 2.81. The van der Waals surface area contributed by atoms with E-state index in [1.165, 1.54) is 31.9 Å². The van der Waals surface area contributed by atoms with Gasteiger partial charge >= 0.3 is 6.03 Å². The van der Waals surface area contributed by atoms with Gasteiger partial charge in [0, 0.05) is 6.54 Å². The van der Waals surface area contributed by atoms with Crippen LogP contribution in [0, 0.1) is 5.92 Å². The van der Waals surface area contributed by atoms with Gasteiger partial charge in [-0.15, -0.1) is 0 Å². The van der Waals surface area contributed by atoms with Crippen LogP contribution < -0.4 is 10.2 Å². The Balaban J connectivity index is 1.71. The first-order valence-electron chi connectivity index (χ1n) is 11.3. The molecule has 6 nitrogen and oxygen atoms in total. The molecule has 0 saturated heterocycles. The summed E-state index contributed by atoms with van der Waals surface area (Å²) < 4.78 is 5.29. The zero-order valence-corrected chi connectivity index (χ0v) is 18.2. The summed E-state index contributed by atoms with van der Waals surface area (Å²) in [6.45, 7) is 4.43. The van der Waals surface area contributed by atoms with Crippen molar-refractivity contribution in [1.82, 2.24) is 5.32 Å². The Hall–Kier alpha value is -2.89. The number of hydrogen-bond donors (Lipinski definition) is 1. The molecule has 1 saturated carbocycles. The number of hydrogen-bond acceptors (Lipinski definition) is 4. The molecule has 4 rings (SSSR count). The van der Waals surface area contributed by atoms with E-state index in [1.807, 2.05) is 32.0 Å². The average Bonchev–Trinajstić information content (AvgIpc) is 3.28. The van der Waals surface area contributed by atoms with Gasteiger partial charge in [-0.1, -0.05) is 51.7 Å². The molecule has 1 N–H and O–H groups in total. The summed E-state index contributed by atoms with van der Waals surface area (Å²) in [7, 11) is 0. The summed E-state index contributed by atoms with van der Waals surface area (Å²) in [5.74, 6) is -1.18. The molecule has 164 valence electrons. The number of imide groups is 1. The Bertz CT molecular complexity index is 956. The molecule has 1 atom stereocenters. The van der Waals surface area contributed by atoms with E-state index in [0.717, 1.165) is 23.3 Å². The van der Waals surface area contributed by atoms with Gasteiger partial charge in [0.2, 0.25) is 5.78 Å². The average molecular weight is 423 g/mol. The maximum Gasteiger partial charge on any atom is 0.328 e. The molecule has 1 aromatic heterocycles. The van der Waals surface area contributed by atoms with Crippen molar-refractivity contribution in [3.8, 4) is 0 Å². The molecular weight excluding hydrogens is 392 g/mol. The van der Waals surface area contributed by atoms with Crippen LogP contribution in [0.1, 0.15) is 85.9 Å². The van der Waals surface area contributed by atoms with Crippen LogP contribution in [-0.2, 0) is 4.79 Å². The van der Waals surface area contributed by atoms with E-state index >= 15 is 0 Å². The molecule has 1 aliphatic carbocycles. The van der Waals surface area contributed by atoms with Crippen molar-refractivity contribution >= 4 is 23.4 Å². The smallest absolute Gasteiger partial charge is 0.328 e. The molecule has 1 aliphatic heterocycles. The van der Waals surface area contributed by atoms with Gasteiger partial charge < -0.3 is 9.73 Å². The number of Topliss-reactive ketones (excluding diaryl/α,β-unsaturated/α-hetero) is 1. The lowest BCUT2D eigenvalue weighted by atomic mass is 9.87. The largest absolute Gasteiger partial charge is 0.461 e. The Labute approximate surface area is 183 Å². The molecule has 1 aromatic carbocycles. The monoisotopic (exact) mass is 422 g/mol. The molecule has 6 heteroatoms. The topological polar surface area (TPSA) is 79.6 Å². The van der Waals surface area contributed by atoms with E-state index in [9.17, 15) is 14.4 Å². The molecule has 3 amide bonds. The molecule has 31 heavy (non-hydrogen) atoms. The van der Waals surface area contributed by atoms with Crippen molar-refractivity contribution in [3.63, 3.8) is 0 Å². The lowest BCUT2D eigenvalue weighted by Crippen LogP contribution is -2.44. The molecule has 0 radical (unpaired) electrons. The number of carbonyl (C=O) groups is 3. The standard InChI is InChI=1S/C25H30N2O4/c1-16(2)15-26-25(30)27-20-12-11-18(17-8-5-3-4-6-9-17)14-19(20)22(24(27)29)23(28)21-10-7-13-31-21/h7,10-14,16-17,22H,3-6,8-9,15H2,1-2H3,(H,26,30). The minimum atomic E-state index is -1.06. The van der Waals surface area contributed by atoms with E-state index in [-0.39, 0.29) is 11.7 Å². The minimum absolute atomic E-state index is 0.133. The molecule has 2 aromatic rings. The number of fused-ring (bicyclic) bond motifs is 1. The lowest BCUT2D eigenvalue weighted by Gasteiger charge is -2.19. The van der Waals surface area contributed by atoms with Crippen LogP contribution in [0.5, 0.6) is 0 Å². The highest BCUT2D eigenvalue weighted by Crippen LogP contribution is 2.42. The third-order valence-corrected chi connectivity index (χ3v) is 6.29. The van der Waals surface area contributed by atoms with E-state index in [0.29, 0.717) is 23.7 Å². The summed E-state index contributed by atoms with van der Waals surface area (Å²) >= 11 is 0. The van der Waals surface area contributed by atoms with Crippen LogP contribution in [0.15, 0.2) is 41.0 Å². The van der Waals surface area contributed by atoms with E-state index in [2.05, 4.69) is 5.32 Å². The third kappa shape index (κ3) is 4.29. The highest BCUT2D eigenvalue weighted by Gasteiger charge is 2.46. The van der Waals surface area contributed by atoms with Crippen LogP contribution in [0.2, 0.25) is 0 Å². The predicted molar refractivity (Wildman–Crippen MR) is 118 cm³/mol. The number of benzene rings is 1. The van der Waals surface area contributed by atoms with Crippen molar-refractivity contribution in [1.29, 1.82) is 0 Å². The second-order valence-corrected chi connectivity index (χ2v) is 9.03. The van der Waals surface area contributed by atoms with Crippen molar-refractivity contribution in [3.05, 3.63) is 53.5 Å². The molecule has 1 fully saturated rings. The Morgan fingerprint density at radius 1 is 1.13 bits per heavy atom. The number of furan rings is 1. The van der Waals surface area contributed by atoms with E-state index in [4.69, 9.17) is 4.42 Å². The maximum atomic E-state index is 13.3.